The lowest BCUT2D eigenvalue weighted by atomic mass is 10.1. The van der Waals surface area contributed by atoms with E-state index in [-0.39, 0.29) is 5.91 Å². The molecule has 25 heavy (non-hydrogen) atoms. The second kappa shape index (κ2) is 7.96. The normalized spacial score (nSPS) is 14.2. The van der Waals surface area contributed by atoms with Gasteiger partial charge < -0.3 is 15.0 Å². The number of nitrogens with zero attached hydrogens (tertiary/aromatic N) is 3. The number of carbonyl (C=O) groups excluding carboxylic acids is 1. The largest absolute Gasteiger partial charge is 0.496 e. The highest BCUT2D eigenvalue weighted by Crippen LogP contribution is 2.19. The molecule has 0 bridgehead atoms. The molecule has 1 amide bonds. The third kappa shape index (κ3) is 4.26. The van der Waals surface area contributed by atoms with Gasteiger partial charge in [0.1, 0.15) is 23.1 Å². The molecule has 6 nitrogen and oxygen atoms in total. The summed E-state index contributed by atoms with van der Waals surface area (Å²) in [5.74, 6) is 2.06. The van der Waals surface area contributed by atoms with Crippen LogP contribution in [-0.2, 0) is 6.54 Å². The molecule has 1 fully saturated rings. The first-order chi connectivity index (χ1) is 12.2. The highest BCUT2D eigenvalue weighted by Gasteiger charge is 2.20. The van der Waals surface area contributed by atoms with E-state index < -0.39 is 0 Å². The van der Waals surface area contributed by atoms with Gasteiger partial charge in [-0.05, 0) is 32.3 Å². The van der Waals surface area contributed by atoms with Crippen molar-refractivity contribution in [3.05, 3.63) is 47.4 Å². The van der Waals surface area contributed by atoms with Crippen LogP contribution in [0.15, 0.2) is 30.3 Å². The number of aromatic nitrogens is 2. The van der Waals surface area contributed by atoms with Crippen LogP contribution in [0.5, 0.6) is 5.75 Å². The molecule has 6 heteroatoms. The standard InChI is InChI=1S/C19H24N4O2/c1-14-21-16(19(24)23-10-6-3-7-11-23)12-18(22-14)20-13-15-8-4-5-9-17(15)25-2/h4-5,8-9,12H,3,6-7,10-11,13H2,1-2H3,(H,20,21,22). The lowest BCUT2D eigenvalue weighted by Gasteiger charge is -2.26. The Kier molecular flexibility index (Phi) is 5.48. The van der Waals surface area contributed by atoms with Gasteiger partial charge >= 0.3 is 0 Å². The monoisotopic (exact) mass is 340 g/mol. The summed E-state index contributed by atoms with van der Waals surface area (Å²) in [7, 11) is 1.66. The predicted molar refractivity (Wildman–Crippen MR) is 96.8 cm³/mol. The number of anilines is 1. The van der Waals surface area contributed by atoms with Crippen molar-refractivity contribution in [2.45, 2.75) is 32.7 Å². The minimum Gasteiger partial charge on any atom is -0.496 e. The molecule has 1 aromatic heterocycles. The molecule has 0 saturated carbocycles. The van der Waals surface area contributed by atoms with Crippen LogP contribution in [0, 0.1) is 6.92 Å². The fraction of sp³-hybridized carbons (Fsp3) is 0.421. The number of hydrogen-bond donors (Lipinski definition) is 1. The number of methoxy groups -OCH3 is 1. The number of likely N-dealkylation sites (tertiary alicyclic amines) is 1. The van der Waals surface area contributed by atoms with Crippen molar-refractivity contribution in [1.82, 2.24) is 14.9 Å². The number of carbonyl (C=O) groups is 1. The molecule has 132 valence electrons. The number of nitrogens with one attached hydrogen (secondary N) is 1. The summed E-state index contributed by atoms with van der Waals surface area (Å²) in [5.41, 5.74) is 1.49. The van der Waals surface area contributed by atoms with Crippen molar-refractivity contribution >= 4 is 11.7 Å². The van der Waals surface area contributed by atoms with Crippen LogP contribution in [0.4, 0.5) is 5.82 Å². The quantitative estimate of drug-likeness (QED) is 0.906. The van der Waals surface area contributed by atoms with Gasteiger partial charge in [0.2, 0.25) is 0 Å². The van der Waals surface area contributed by atoms with Gasteiger partial charge in [-0.25, -0.2) is 9.97 Å². The molecule has 0 unspecified atom stereocenters. The minimum atomic E-state index is -0.00876. The van der Waals surface area contributed by atoms with Crippen LogP contribution >= 0.6 is 0 Å². The van der Waals surface area contributed by atoms with E-state index >= 15 is 0 Å². The maximum atomic E-state index is 12.7. The van der Waals surface area contributed by atoms with E-state index in [4.69, 9.17) is 4.74 Å². The molecule has 1 N–H and O–H groups in total. The lowest BCUT2D eigenvalue weighted by Crippen LogP contribution is -2.36. The number of para-hydroxylation sites is 1. The van der Waals surface area contributed by atoms with E-state index in [0.29, 0.717) is 23.9 Å². The summed E-state index contributed by atoms with van der Waals surface area (Å²) in [6.45, 7) is 4.00. The molecular formula is C19H24N4O2. The zero-order valence-corrected chi connectivity index (χ0v) is 14.8. The molecule has 1 aromatic carbocycles. The van der Waals surface area contributed by atoms with Crippen LogP contribution in [0.2, 0.25) is 0 Å². The maximum absolute atomic E-state index is 12.7. The van der Waals surface area contributed by atoms with Crippen LogP contribution in [0.25, 0.3) is 0 Å². The second-order valence-electron chi connectivity index (χ2n) is 6.20. The Balaban J connectivity index is 1.74. The first-order valence-electron chi connectivity index (χ1n) is 8.68. The minimum absolute atomic E-state index is 0.00876. The average molecular weight is 340 g/mol. The van der Waals surface area contributed by atoms with Crippen LogP contribution in [0.3, 0.4) is 0 Å². The van der Waals surface area contributed by atoms with E-state index in [1.807, 2.05) is 29.2 Å². The van der Waals surface area contributed by atoms with E-state index in [1.54, 1.807) is 20.1 Å². The molecular weight excluding hydrogens is 316 g/mol. The topological polar surface area (TPSA) is 67.3 Å². The Hall–Kier alpha value is -2.63. The summed E-state index contributed by atoms with van der Waals surface area (Å²) in [5, 5.41) is 3.27. The molecule has 2 aromatic rings. The highest BCUT2D eigenvalue weighted by molar-refractivity contribution is 5.93. The predicted octanol–water partition coefficient (Wildman–Crippen LogP) is 3.03. The third-order valence-electron chi connectivity index (χ3n) is 4.35. The SMILES string of the molecule is COc1ccccc1CNc1cc(C(=O)N2CCCCC2)nc(C)n1. The number of ether oxygens (including phenoxy) is 1. The molecule has 1 aliphatic rings. The van der Waals surface area contributed by atoms with Crippen LogP contribution in [-0.4, -0.2) is 41.0 Å². The molecule has 3 rings (SSSR count). The maximum Gasteiger partial charge on any atom is 0.272 e. The number of piperidine rings is 1. The smallest absolute Gasteiger partial charge is 0.272 e. The van der Waals surface area contributed by atoms with E-state index in [0.717, 1.165) is 37.2 Å². The summed E-state index contributed by atoms with van der Waals surface area (Å²) in [6, 6.07) is 9.56. The van der Waals surface area contributed by atoms with Gasteiger partial charge in [-0.1, -0.05) is 18.2 Å². The van der Waals surface area contributed by atoms with Crippen LogP contribution in [0.1, 0.15) is 41.1 Å². The van der Waals surface area contributed by atoms with Gasteiger partial charge in [0.25, 0.3) is 5.91 Å². The van der Waals surface area contributed by atoms with Crippen molar-refractivity contribution in [3.8, 4) is 5.75 Å². The molecule has 0 spiro atoms. The fourth-order valence-electron chi connectivity index (χ4n) is 3.06. The van der Waals surface area contributed by atoms with E-state index in [9.17, 15) is 4.79 Å². The van der Waals surface area contributed by atoms with Crippen molar-refractivity contribution < 1.29 is 9.53 Å². The van der Waals surface area contributed by atoms with Crippen LogP contribution < -0.4 is 10.1 Å². The van der Waals surface area contributed by atoms with Gasteiger partial charge in [-0.3, -0.25) is 4.79 Å². The highest BCUT2D eigenvalue weighted by atomic mass is 16.5. The average Bonchev–Trinajstić information content (AvgIpc) is 2.66. The summed E-state index contributed by atoms with van der Waals surface area (Å²) < 4.78 is 5.37. The van der Waals surface area contributed by atoms with Gasteiger partial charge in [-0.2, -0.15) is 0 Å². The van der Waals surface area contributed by atoms with Gasteiger partial charge in [0.05, 0.1) is 7.11 Å². The zero-order valence-electron chi connectivity index (χ0n) is 14.8. The Labute approximate surface area is 148 Å². The molecule has 1 saturated heterocycles. The Morgan fingerprint density at radius 2 is 1.96 bits per heavy atom. The number of amides is 1. The zero-order chi connectivity index (χ0) is 17.6. The third-order valence-corrected chi connectivity index (χ3v) is 4.35. The van der Waals surface area contributed by atoms with E-state index in [2.05, 4.69) is 15.3 Å². The fourth-order valence-corrected chi connectivity index (χ4v) is 3.06. The van der Waals surface area contributed by atoms with Crippen molar-refractivity contribution in [1.29, 1.82) is 0 Å². The number of rotatable bonds is 5. The molecule has 0 atom stereocenters. The van der Waals surface area contributed by atoms with Crippen molar-refractivity contribution in [3.63, 3.8) is 0 Å². The van der Waals surface area contributed by atoms with Gasteiger partial charge in [-0.15, -0.1) is 0 Å². The number of aryl methyl sites for hydroxylation is 1. The Bertz CT molecular complexity index is 742. The lowest BCUT2D eigenvalue weighted by molar-refractivity contribution is 0.0718. The van der Waals surface area contributed by atoms with E-state index in [1.165, 1.54) is 6.42 Å². The first kappa shape index (κ1) is 17.2. The molecule has 0 radical (unpaired) electrons. The van der Waals surface area contributed by atoms with Crippen molar-refractivity contribution in [2.75, 3.05) is 25.5 Å². The Morgan fingerprint density at radius 3 is 2.72 bits per heavy atom. The number of hydrogen-bond acceptors (Lipinski definition) is 5. The second-order valence-corrected chi connectivity index (χ2v) is 6.20. The Morgan fingerprint density at radius 1 is 1.20 bits per heavy atom. The summed E-state index contributed by atoms with van der Waals surface area (Å²) >= 11 is 0. The van der Waals surface area contributed by atoms with Gasteiger partial charge in [0, 0.05) is 31.3 Å². The summed E-state index contributed by atoms with van der Waals surface area (Å²) in [6.07, 6.45) is 3.32. The van der Waals surface area contributed by atoms with Crippen molar-refractivity contribution in [2.24, 2.45) is 0 Å². The molecule has 1 aliphatic heterocycles. The first-order valence-corrected chi connectivity index (χ1v) is 8.68. The summed E-state index contributed by atoms with van der Waals surface area (Å²) in [4.78, 5) is 23.3. The molecule has 2 heterocycles. The molecule has 0 aliphatic carbocycles. The number of benzene rings is 1. The van der Waals surface area contributed by atoms with Gasteiger partial charge in [0.15, 0.2) is 0 Å².